The highest BCUT2D eigenvalue weighted by molar-refractivity contribution is 7.79. The number of urea groups is 1. The van der Waals surface area contributed by atoms with Gasteiger partial charge in [-0.1, -0.05) is 19.1 Å². The molecule has 1 unspecified atom stereocenters. The lowest BCUT2D eigenvalue weighted by atomic mass is 10.2. The molecule has 7 heteroatoms. The first-order chi connectivity index (χ1) is 8.54. The number of nitrogens with one attached hydrogen (secondary N) is 1. The molecule has 0 bridgehead atoms. The van der Waals surface area contributed by atoms with E-state index in [1.165, 1.54) is 10.3 Å². The first kappa shape index (κ1) is 14.6. The number of amides is 4. The number of nitrogens with zero attached hydrogens (tertiary/aromatic N) is 2. The third kappa shape index (κ3) is 3.04. The van der Waals surface area contributed by atoms with Gasteiger partial charge < -0.3 is 10.2 Å². The van der Waals surface area contributed by atoms with Crippen LogP contribution in [0.15, 0.2) is 0 Å². The number of carbonyl (C=O) groups excluding carboxylic acids is 3. The lowest BCUT2D eigenvalue weighted by Gasteiger charge is -2.32. The predicted octanol–water partition coefficient (Wildman–Crippen LogP) is 0.165. The van der Waals surface area contributed by atoms with E-state index in [1.54, 1.807) is 6.92 Å². The molecular formula is C11H17N3O3S. The molecule has 0 aromatic heterocycles. The van der Waals surface area contributed by atoms with Gasteiger partial charge >= 0.3 is 17.8 Å². The molecule has 0 radical (unpaired) electrons. The van der Waals surface area contributed by atoms with Crippen molar-refractivity contribution < 1.29 is 14.4 Å². The smallest absolute Gasteiger partial charge is 0.325 e. The molecule has 4 amide bonds. The van der Waals surface area contributed by atoms with Crippen molar-refractivity contribution >= 4 is 35.4 Å². The maximum atomic E-state index is 11.8. The minimum absolute atomic E-state index is 0.220. The highest BCUT2D eigenvalue weighted by Gasteiger charge is 2.35. The lowest BCUT2D eigenvalue weighted by molar-refractivity contribution is -0.153. The molecule has 0 saturated carbocycles. The zero-order valence-corrected chi connectivity index (χ0v) is 11.3. The van der Waals surface area contributed by atoms with E-state index in [0.29, 0.717) is 19.5 Å². The second-order valence-corrected chi connectivity index (χ2v) is 4.21. The Bertz CT molecular complexity index is 373. The number of likely N-dealkylation sites (N-methyl/N-ethyl adjacent to an activating group) is 1. The molecule has 1 N–H and O–H groups in total. The Labute approximate surface area is 111 Å². The van der Waals surface area contributed by atoms with Gasteiger partial charge in [0.2, 0.25) is 0 Å². The minimum atomic E-state index is -0.778. The van der Waals surface area contributed by atoms with Gasteiger partial charge in [0.15, 0.2) is 0 Å². The summed E-state index contributed by atoms with van der Waals surface area (Å²) < 4.78 is 0. The fourth-order valence-electron chi connectivity index (χ4n) is 1.64. The summed E-state index contributed by atoms with van der Waals surface area (Å²) in [5.74, 6) is -1.41. The van der Waals surface area contributed by atoms with E-state index < -0.39 is 17.8 Å². The van der Waals surface area contributed by atoms with E-state index in [2.05, 4.69) is 5.32 Å². The van der Waals surface area contributed by atoms with Crippen molar-refractivity contribution in [1.29, 1.82) is 0 Å². The van der Waals surface area contributed by atoms with Gasteiger partial charge in [-0.25, -0.2) is 4.79 Å². The van der Waals surface area contributed by atoms with Crippen LogP contribution in [0.2, 0.25) is 0 Å². The van der Waals surface area contributed by atoms with Crippen LogP contribution in [0.25, 0.3) is 0 Å². The number of carbonyl (C=O) groups is 3. The molecule has 1 heterocycles. The van der Waals surface area contributed by atoms with Gasteiger partial charge in [-0.15, -0.1) is 0 Å². The molecule has 1 rings (SSSR count). The summed E-state index contributed by atoms with van der Waals surface area (Å²) in [6.07, 6.45) is 0.645. The topological polar surface area (TPSA) is 69.7 Å². The van der Waals surface area contributed by atoms with Crippen LogP contribution in [-0.2, 0) is 9.59 Å². The second-order valence-electron chi connectivity index (χ2n) is 3.94. The van der Waals surface area contributed by atoms with Crippen LogP contribution in [0, 0.1) is 0 Å². The molecule has 1 aliphatic rings. The monoisotopic (exact) mass is 271 g/mol. The van der Waals surface area contributed by atoms with Crippen molar-refractivity contribution in [1.82, 2.24) is 15.1 Å². The highest BCUT2D eigenvalue weighted by Crippen LogP contribution is 2.05. The van der Waals surface area contributed by atoms with Gasteiger partial charge in [0, 0.05) is 25.0 Å². The van der Waals surface area contributed by atoms with Crippen LogP contribution >= 0.6 is 12.2 Å². The summed E-state index contributed by atoms with van der Waals surface area (Å²) in [7, 11) is 0. The molecule has 18 heavy (non-hydrogen) atoms. The Hall–Kier alpha value is -1.50. The van der Waals surface area contributed by atoms with E-state index >= 15 is 0 Å². The average molecular weight is 271 g/mol. The molecule has 1 fully saturated rings. The molecule has 6 nitrogen and oxygen atoms in total. The third-order valence-electron chi connectivity index (χ3n) is 2.85. The summed E-state index contributed by atoms with van der Waals surface area (Å²) in [5, 5.41) is 4.04. The van der Waals surface area contributed by atoms with Crippen molar-refractivity contribution in [3.8, 4) is 0 Å². The number of hydrogen-bond donors (Lipinski definition) is 1. The molecule has 0 aromatic carbocycles. The summed E-state index contributed by atoms with van der Waals surface area (Å²) >= 11 is 4.76. The normalized spacial score (nSPS) is 17.7. The first-order valence-corrected chi connectivity index (χ1v) is 6.38. The van der Waals surface area contributed by atoms with Crippen LogP contribution < -0.4 is 5.32 Å². The summed E-state index contributed by atoms with van der Waals surface area (Å²) in [5.41, 5.74) is 0. The first-order valence-electron chi connectivity index (χ1n) is 5.91. The van der Waals surface area contributed by atoms with Crippen LogP contribution in [0.1, 0.15) is 20.3 Å². The SMILES string of the molecule is CCC(C=S)NC(=O)N1CCN(CC)C(=O)C1=O. The second kappa shape index (κ2) is 6.44. The van der Waals surface area contributed by atoms with Gasteiger partial charge in [0.05, 0.1) is 6.04 Å². The van der Waals surface area contributed by atoms with Crippen molar-refractivity contribution in [2.24, 2.45) is 0 Å². The van der Waals surface area contributed by atoms with Gasteiger partial charge in [-0.2, -0.15) is 0 Å². The number of thiocarbonyl (C=S) groups is 1. The summed E-state index contributed by atoms with van der Waals surface area (Å²) in [4.78, 5) is 37.5. The zero-order chi connectivity index (χ0) is 13.7. The Morgan fingerprint density at radius 1 is 1.39 bits per heavy atom. The van der Waals surface area contributed by atoms with Gasteiger partial charge in [0.25, 0.3) is 0 Å². The van der Waals surface area contributed by atoms with E-state index in [9.17, 15) is 14.4 Å². The maximum absolute atomic E-state index is 11.8. The van der Waals surface area contributed by atoms with E-state index in [1.807, 2.05) is 6.92 Å². The number of hydrogen-bond acceptors (Lipinski definition) is 4. The molecule has 1 aliphatic heterocycles. The maximum Gasteiger partial charge on any atom is 0.325 e. The Morgan fingerprint density at radius 2 is 2.06 bits per heavy atom. The molecule has 0 spiro atoms. The lowest BCUT2D eigenvalue weighted by Crippen LogP contribution is -2.59. The molecular weight excluding hydrogens is 254 g/mol. The molecule has 0 aromatic rings. The van der Waals surface area contributed by atoms with Crippen LogP contribution in [0.3, 0.4) is 0 Å². The predicted molar refractivity (Wildman–Crippen MR) is 70.2 cm³/mol. The Morgan fingerprint density at radius 3 is 2.56 bits per heavy atom. The fraction of sp³-hybridized carbons (Fsp3) is 0.636. The van der Waals surface area contributed by atoms with Crippen molar-refractivity contribution in [2.45, 2.75) is 26.3 Å². The van der Waals surface area contributed by atoms with Gasteiger partial charge in [-0.3, -0.25) is 14.5 Å². The largest absolute Gasteiger partial charge is 0.333 e. The summed E-state index contributed by atoms with van der Waals surface area (Å²) in [6.45, 7) is 4.73. The molecule has 1 saturated heterocycles. The van der Waals surface area contributed by atoms with E-state index in [4.69, 9.17) is 12.2 Å². The third-order valence-corrected chi connectivity index (χ3v) is 3.18. The van der Waals surface area contributed by atoms with E-state index in [-0.39, 0.29) is 12.6 Å². The van der Waals surface area contributed by atoms with Crippen molar-refractivity contribution in [3.05, 3.63) is 0 Å². The average Bonchev–Trinajstić information content (AvgIpc) is 2.38. The number of piperazine rings is 1. The molecule has 100 valence electrons. The quantitative estimate of drug-likeness (QED) is 0.584. The van der Waals surface area contributed by atoms with Crippen LogP contribution in [0.5, 0.6) is 0 Å². The van der Waals surface area contributed by atoms with Gasteiger partial charge in [-0.05, 0) is 13.3 Å². The molecule has 0 aliphatic carbocycles. The minimum Gasteiger partial charge on any atom is -0.333 e. The molecule has 1 atom stereocenters. The van der Waals surface area contributed by atoms with Gasteiger partial charge in [0.1, 0.15) is 0 Å². The summed E-state index contributed by atoms with van der Waals surface area (Å²) in [6, 6.07) is -0.823. The fourth-order valence-corrected chi connectivity index (χ4v) is 1.90. The van der Waals surface area contributed by atoms with Crippen molar-refractivity contribution in [3.63, 3.8) is 0 Å². The van der Waals surface area contributed by atoms with Crippen LogP contribution in [-0.4, -0.2) is 58.7 Å². The Balaban J connectivity index is 2.68. The highest BCUT2D eigenvalue weighted by atomic mass is 32.1. The zero-order valence-electron chi connectivity index (χ0n) is 10.5. The number of rotatable bonds is 4. The van der Waals surface area contributed by atoms with Crippen molar-refractivity contribution in [2.75, 3.05) is 19.6 Å². The number of imide groups is 1. The Kier molecular flexibility index (Phi) is 5.21. The van der Waals surface area contributed by atoms with E-state index in [0.717, 1.165) is 4.90 Å². The van der Waals surface area contributed by atoms with Crippen LogP contribution in [0.4, 0.5) is 4.79 Å². The standard InChI is InChI=1S/C11H17N3O3S/c1-3-8(7-18)12-11(17)14-6-5-13(4-2)9(15)10(14)16/h7-8H,3-6H2,1-2H3,(H,12,17).